The van der Waals surface area contributed by atoms with E-state index < -0.39 is 21.2 Å². The van der Waals surface area contributed by atoms with E-state index in [9.17, 15) is 25.0 Å². The molecule has 0 atom stereocenters. The van der Waals surface area contributed by atoms with E-state index in [2.05, 4.69) is 0 Å². The van der Waals surface area contributed by atoms with Gasteiger partial charge in [0.15, 0.2) is 11.5 Å². The fourth-order valence-corrected chi connectivity index (χ4v) is 5.54. The van der Waals surface area contributed by atoms with Gasteiger partial charge in [-0.25, -0.2) is 0 Å². The van der Waals surface area contributed by atoms with Crippen molar-refractivity contribution in [1.82, 2.24) is 4.90 Å². The average molecular weight is 516 g/mol. The van der Waals surface area contributed by atoms with Crippen molar-refractivity contribution in [1.29, 1.82) is 0 Å². The maximum absolute atomic E-state index is 13.2. The van der Waals surface area contributed by atoms with Gasteiger partial charge in [-0.1, -0.05) is 55.4 Å². The average Bonchev–Trinajstić information content (AvgIpc) is 3.12. The van der Waals surface area contributed by atoms with Crippen LogP contribution in [0.25, 0.3) is 6.08 Å². The number of thiocarbonyl (C=S) groups is 1. The first-order chi connectivity index (χ1) is 16.8. The van der Waals surface area contributed by atoms with Crippen LogP contribution in [0.4, 0.5) is 11.4 Å². The van der Waals surface area contributed by atoms with Gasteiger partial charge in [-0.15, -0.1) is 0 Å². The van der Waals surface area contributed by atoms with Gasteiger partial charge in [0.2, 0.25) is 5.75 Å². The summed E-state index contributed by atoms with van der Waals surface area (Å²) < 4.78 is 11.8. The van der Waals surface area contributed by atoms with Crippen molar-refractivity contribution in [3.8, 4) is 17.2 Å². The fraction of sp³-hybridized carbons (Fsp3) is 0.304. The molecule has 0 unspecified atom stereocenters. The van der Waals surface area contributed by atoms with Gasteiger partial charge in [0.1, 0.15) is 4.32 Å². The first-order valence-corrected chi connectivity index (χ1v) is 12.1. The first kappa shape index (κ1) is 24.6. The summed E-state index contributed by atoms with van der Waals surface area (Å²) in [6.07, 6.45) is 6.72. The van der Waals surface area contributed by atoms with E-state index in [1.54, 1.807) is 29.2 Å². The first-order valence-electron chi connectivity index (χ1n) is 10.8. The van der Waals surface area contributed by atoms with Gasteiger partial charge in [-0.05, 0) is 31.1 Å². The number of hydrogen-bond acceptors (Lipinski definition) is 9. The summed E-state index contributed by atoms with van der Waals surface area (Å²) in [6.45, 7) is 0. The lowest BCUT2D eigenvalue weighted by atomic mass is 9.94. The molecule has 0 bridgehead atoms. The highest BCUT2D eigenvalue weighted by atomic mass is 32.2. The second-order valence-electron chi connectivity index (χ2n) is 7.99. The van der Waals surface area contributed by atoms with Gasteiger partial charge in [0, 0.05) is 17.7 Å². The normalized spacial score (nSPS) is 17.6. The summed E-state index contributed by atoms with van der Waals surface area (Å²) in [5, 5.41) is 22.6. The number of carbonyl (C=O) groups is 1. The van der Waals surface area contributed by atoms with Crippen LogP contribution in [0.1, 0.15) is 37.7 Å². The van der Waals surface area contributed by atoms with Crippen molar-refractivity contribution in [2.24, 2.45) is 0 Å². The van der Waals surface area contributed by atoms with Crippen molar-refractivity contribution >= 4 is 51.7 Å². The third kappa shape index (κ3) is 5.13. The van der Waals surface area contributed by atoms with Gasteiger partial charge in [-0.2, -0.15) is 0 Å². The van der Waals surface area contributed by atoms with Gasteiger partial charge in [0.05, 0.1) is 27.9 Å². The van der Waals surface area contributed by atoms with Crippen LogP contribution in [0.5, 0.6) is 17.2 Å². The third-order valence-corrected chi connectivity index (χ3v) is 7.17. The van der Waals surface area contributed by atoms with Crippen LogP contribution in [0, 0.1) is 20.2 Å². The number of nitro groups is 2. The Hall–Kier alpha value is -3.51. The van der Waals surface area contributed by atoms with Gasteiger partial charge in [0.25, 0.3) is 11.6 Å². The molecule has 12 heteroatoms. The number of para-hydroxylation sites is 1. The number of thioether (sulfide) groups is 1. The van der Waals surface area contributed by atoms with Crippen LogP contribution in [0.3, 0.4) is 0 Å². The number of methoxy groups -OCH3 is 1. The Labute approximate surface area is 210 Å². The molecule has 182 valence electrons. The van der Waals surface area contributed by atoms with Gasteiger partial charge in [-0.3, -0.25) is 29.9 Å². The summed E-state index contributed by atoms with van der Waals surface area (Å²) in [5.74, 6) is 0.0283. The monoisotopic (exact) mass is 515 g/mol. The maximum atomic E-state index is 13.2. The molecular weight excluding hydrogens is 494 g/mol. The second-order valence-corrected chi connectivity index (χ2v) is 9.67. The number of amides is 1. The van der Waals surface area contributed by atoms with Crippen LogP contribution >= 0.6 is 24.0 Å². The summed E-state index contributed by atoms with van der Waals surface area (Å²) >= 11 is 6.70. The molecule has 0 N–H and O–H groups in total. The molecule has 2 fully saturated rings. The van der Waals surface area contributed by atoms with Crippen LogP contribution in [0.2, 0.25) is 0 Å². The number of carbonyl (C=O) groups excluding carboxylic acids is 1. The highest BCUT2D eigenvalue weighted by molar-refractivity contribution is 8.26. The Morgan fingerprint density at radius 3 is 2.49 bits per heavy atom. The van der Waals surface area contributed by atoms with E-state index in [1.807, 2.05) is 0 Å². The number of non-ortho nitro benzene ring substituents is 1. The maximum Gasteiger partial charge on any atom is 0.318 e. The summed E-state index contributed by atoms with van der Waals surface area (Å²) in [5.41, 5.74) is -0.559. The zero-order valence-electron chi connectivity index (χ0n) is 18.7. The van der Waals surface area contributed by atoms with E-state index in [1.165, 1.54) is 18.9 Å². The molecule has 1 saturated heterocycles. The summed E-state index contributed by atoms with van der Waals surface area (Å²) in [6, 6.07) is 8.19. The van der Waals surface area contributed by atoms with E-state index in [-0.39, 0.29) is 29.2 Å². The third-order valence-electron chi connectivity index (χ3n) is 5.84. The SMILES string of the molecule is COc1cccc(/C=C2\SC(=S)N(C3CCCCC3)C2=O)c1Oc1ccc([N+](=O)[O-])cc1[N+](=O)[O-]. The molecule has 0 radical (unpaired) electrons. The molecule has 1 saturated carbocycles. The predicted molar refractivity (Wildman–Crippen MR) is 135 cm³/mol. The molecular formula is C23H21N3O7S2. The number of nitro benzene ring substituents is 2. The fourth-order valence-electron chi connectivity index (χ4n) is 4.15. The van der Waals surface area contributed by atoms with Crippen molar-refractivity contribution in [3.05, 3.63) is 67.1 Å². The van der Waals surface area contributed by atoms with Crippen molar-refractivity contribution < 1.29 is 24.1 Å². The molecule has 1 amide bonds. The van der Waals surface area contributed by atoms with E-state index in [0.29, 0.717) is 14.8 Å². The number of hydrogen-bond donors (Lipinski definition) is 0. The van der Waals surface area contributed by atoms with E-state index >= 15 is 0 Å². The summed E-state index contributed by atoms with van der Waals surface area (Å²) in [4.78, 5) is 36.5. The minimum absolute atomic E-state index is 0.0888. The molecule has 1 aliphatic heterocycles. The molecule has 0 spiro atoms. The van der Waals surface area contributed by atoms with Crippen molar-refractivity contribution in [2.75, 3.05) is 7.11 Å². The lowest BCUT2D eigenvalue weighted by Gasteiger charge is -2.29. The van der Waals surface area contributed by atoms with Crippen molar-refractivity contribution in [2.45, 2.75) is 38.1 Å². The van der Waals surface area contributed by atoms with Gasteiger partial charge < -0.3 is 9.47 Å². The molecule has 1 aliphatic carbocycles. The Kier molecular flexibility index (Phi) is 7.31. The van der Waals surface area contributed by atoms with E-state index in [4.69, 9.17) is 21.7 Å². The minimum Gasteiger partial charge on any atom is -0.493 e. The topological polar surface area (TPSA) is 125 Å². The predicted octanol–water partition coefficient (Wildman–Crippen LogP) is 5.84. The number of nitrogens with zero attached hydrogens (tertiary/aromatic N) is 3. The lowest BCUT2D eigenvalue weighted by molar-refractivity contribution is -0.394. The molecule has 2 aliphatic rings. The summed E-state index contributed by atoms with van der Waals surface area (Å²) in [7, 11) is 1.42. The second kappa shape index (κ2) is 10.4. The van der Waals surface area contributed by atoms with Gasteiger partial charge >= 0.3 is 5.69 Å². The Morgan fingerprint density at radius 2 is 1.83 bits per heavy atom. The lowest BCUT2D eigenvalue weighted by Crippen LogP contribution is -2.39. The minimum atomic E-state index is -0.757. The van der Waals surface area contributed by atoms with Crippen LogP contribution in [-0.2, 0) is 4.79 Å². The molecule has 10 nitrogen and oxygen atoms in total. The molecule has 2 aromatic carbocycles. The number of ether oxygens (including phenoxy) is 2. The smallest absolute Gasteiger partial charge is 0.318 e. The Morgan fingerprint density at radius 1 is 1.09 bits per heavy atom. The van der Waals surface area contributed by atoms with E-state index in [0.717, 1.165) is 50.3 Å². The molecule has 4 rings (SSSR count). The number of rotatable bonds is 7. The molecule has 35 heavy (non-hydrogen) atoms. The van der Waals surface area contributed by atoms with Crippen LogP contribution < -0.4 is 9.47 Å². The largest absolute Gasteiger partial charge is 0.493 e. The standard InChI is InChI=1S/C23H21N3O7S2/c1-32-19-9-5-6-14(12-20-22(27)24(23(34)35-20)15-7-3-2-4-8-15)21(19)33-18-11-10-16(25(28)29)13-17(18)26(30)31/h5-6,9-13,15H,2-4,7-8H2,1H3/b20-12-. The Balaban J connectivity index is 1.71. The molecule has 2 aromatic rings. The number of benzene rings is 2. The zero-order chi connectivity index (χ0) is 25.1. The highest BCUT2D eigenvalue weighted by Crippen LogP contribution is 2.43. The zero-order valence-corrected chi connectivity index (χ0v) is 20.3. The molecule has 1 heterocycles. The Bertz CT molecular complexity index is 1240. The van der Waals surface area contributed by atoms with Crippen molar-refractivity contribution in [3.63, 3.8) is 0 Å². The van der Waals surface area contributed by atoms with Crippen LogP contribution in [-0.4, -0.2) is 38.1 Å². The quantitative estimate of drug-likeness (QED) is 0.193. The van der Waals surface area contributed by atoms with Crippen LogP contribution in [0.15, 0.2) is 41.3 Å². The highest BCUT2D eigenvalue weighted by Gasteiger charge is 2.37. The molecule has 0 aromatic heterocycles.